The van der Waals surface area contributed by atoms with Crippen LogP contribution in [0.1, 0.15) is 18.9 Å². The van der Waals surface area contributed by atoms with Crippen molar-refractivity contribution in [3.05, 3.63) is 29.8 Å². The second-order valence-corrected chi connectivity index (χ2v) is 6.76. The molecule has 0 amide bonds. The molecule has 1 aliphatic heterocycles. The maximum absolute atomic E-state index is 12.6. The highest BCUT2D eigenvalue weighted by molar-refractivity contribution is 7.89. The van der Waals surface area contributed by atoms with Crippen molar-refractivity contribution in [2.75, 3.05) is 26.3 Å². The average Bonchev–Trinajstić information content (AvgIpc) is 2.97. The van der Waals surface area contributed by atoms with Gasteiger partial charge in [0.1, 0.15) is 0 Å². The van der Waals surface area contributed by atoms with Crippen molar-refractivity contribution >= 4 is 10.0 Å². The average molecular weight is 294 g/mol. The molecule has 5 nitrogen and oxygen atoms in total. The van der Waals surface area contributed by atoms with Gasteiger partial charge >= 0.3 is 0 Å². The van der Waals surface area contributed by atoms with E-state index in [4.69, 9.17) is 10.00 Å². The van der Waals surface area contributed by atoms with Crippen molar-refractivity contribution in [3.8, 4) is 6.07 Å². The summed E-state index contributed by atoms with van der Waals surface area (Å²) in [7, 11) is -3.54. The molecule has 1 fully saturated rings. The van der Waals surface area contributed by atoms with Crippen LogP contribution in [0.25, 0.3) is 0 Å². The van der Waals surface area contributed by atoms with E-state index in [-0.39, 0.29) is 10.8 Å². The monoisotopic (exact) mass is 294 g/mol. The fraction of sp³-hybridized carbons (Fsp3) is 0.500. The molecule has 0 aliphatic carbocycles. The molecule has 0 N–H and O–H groups in total. The highest BCUT2D eigenvalue weighted by atomic mass is 32.2. The molecule has 1 saturated heterocycles. The lowest BCUT2D eigenvalue weighted by Gasteiger charge is -2.23. The van der Waals surface area contributed by atoms with Crippen molar-refractivity contribution in [2.45, 2.75) is 18.2 Å². The number of hydrogen-bond acceptors (Lipinski definition) is 4. The van der Waals surface area contributed by atoms with Crippen molar-refractivity contribution in [1.29, 1.82) is 5.26 Å². The maximum atomic E-state index is 12.6. The number of benzene rings is 1. The number of nitriles is 1. The van der Waals surface area contributed by atoms with E-state index in [1.54, 1.807) is 12.1 Å². The topological polar surface area (TPSA) is 70.4 Å². The Labute approximate surface area is 119 Å². The van der Waals surface area contributed by atoms with Gasteiger partial charge in [0.25, 0.3) is 0 Å². The quantitative estimate of drug-likeness (QED) is 0.827. The lowest BCUT2D eigenvalue weighted by molar-refractivity contribution is 0.181. The molecule has 1 heterocycles. The fourth-order valence-electron chi connectivity index (χ4n) is 2.29. The molecule has 1 unspecified atom stereocenters. The van der Waals surface area contributed by atoms with Crippen LogP contribution < -0.4 is 0 Å². The molecular weight excluding hydrogens is 276 g/mol. The molecule has 0 radical (unpaired) electrons. The molecule has 0 spiro atoms. The molecule has 0 bridgehead atoms. The summed E-state index contributed by atoms with van der Waals surface area (Å²) in [5.41, 5.74) is 0.353. The van der Waals surface area contributed by atoms with E-state index in [0.29, 0.717) is 31.9 Å². The number of nitrogens with zero attached hydrogens (tertiary/aromatic N) is 2. The first-order chi connectivity index (χ1) is 9.57. The minimum atomic E-state index is -3.54. The summed E-state index contributed by atoms with van der Waals surface area (Å²) in [6.07, 6.45) is 0.893. The number of rotatable bonds is 5. The first-order valence-electron chi connectivity index (χ1n) is 6.66. The Morgan fingerprint density at radius 3 is 2.90 bits per heavy atom. The zero-order valence-electron chi connectivity index (χ0n) is 11.4. The van der Waals surface area contributed by atoms with Gasteiger partial charge in [-0.1, -0.05) is 13.0 Å². The van der Waals surface area contributed by atoms with E-state index in [9.17, 15) is 8.42 Å². The van der Waals surface area contributed by atoms with Crippen LogP contribution in [-0.2, 0) is 14.8 Å². The largest absolute Gasteiger partial charge is 0.381 e. The summed E-state index contributed by atoms with van der Waals surface area (Å²) >= 11 is 0. The van der Waals surface area contributed by atoms with Crippen molar-refractivity contribution in [2.24, 2.45) is 5.92 Å². The fourth-order valence-corrected chi connectivity index (χ4v) is 3.86. The van der Waals surface area contributed by atoms with Crippen LogP contribution >= 0.6 is 0 Å². The minimum Gasteiger partial charge on any atom is -0.381 e. The summed E-state index contributed by atoms with van der Waals surface area (Å²) in [6, 6.07) is 8.11. The molecule has 108 valence electrons. The molecule has 0 aromatic heterocycles. The van der Waals surface area contributed by atoms with E-state index in [0.717, 1.165) is 6.42 Å². The van der Waals surface area contributed by atoms with Crippen LogP contribution in [-0.4, -0.2) is 39.0 Å². The summed E-state index contributed by atoms with van der Waals surface area (Å²) < 4.78 is 31.9. The Hall–Kier alpha value is -1.42. The highest BCUT2D eigenvalue weighted by Gasteiger charge is 2.27. The summed E-state index contributed by atoms with van der Waals surface area (Å²) in [6.45, 7) is 4.02. The lowest BCUT2D eigenvalue weighted by Crippen LogP contribution is -2.35. The molecule has 20 heavy (non-hydrogen) atoms. The van der Waals surface area contributed by atoms with Crippen LogP contribution in [0.4, 0.5) is 0 Å². The molecule has 0 saturated carbocycles. The van der Waals surface area contributed by atoms with Gasteiger partial charge in [0, 0.05) is 19.7 Å². The van der Waals surface area contributed by atoms with Crippen LogP contribution in [0.2, 0.25) is 0 Å². The maximum Gasteiger partial charge on any atom is 0.243 e. The molecule has 1 atom stereocenters. The first-order valence-corrected chi connectivity index (χ1v) is 8.10. The zero-order chi connectivity index (χ0) is 14.6. The first kappa shape index (κ1) is 15.0. The van der Waals surface area contributed by atoms with Gasteiger partial charge in [-0.15, -0.1) is 0 Å². The Bertz CT molecular complexity index is 601. The SMILES string of the molecule is CCN(CC1CCOC1)S(=O)(=O)c1cccc(C#N)c1. The van der Waals surface area contributed by atoms with E-state index >= 15 is 0 Å². The van der Waals surface area contributed by atoms with Crippen LogP contribution in [0.15, 0.2) is 29.2 Å². The Kier molecular flexibility index (Phi) is 4.76. The second-order valence-electron chi connectivity index (χ2n) is 4.82. The van der Waals surface area contributed by atoms with Gasteiger partial charge in [-0.25, -0.2) is 8.42 Å². The van der Waals surface area contributed by atoms with E-state index < -0.39 is 10.0 Å². The number of ether oxygens (including phenoxy) is 1. The van der Waals surface area contributed by atoms with Gasteiger partial charge in [-0.2, -0.15) is 9.57 Å². The van der Waals surface area contributed by atoms with E-state index in [1.807, 2.05) is 13.0 Å². The second kappa shape index (κ2) is 6.35. The number of sulfonamides is 1. The Balaban J connectivity index is 2.23. The van der Waals surface area contributed by atoms with Crippen molar-refractivity contribution < 1.29 is 13.2 Å². The number of hydrogen-bond donors (Lipinski definition) is 0. The van der Waals surface area contributed by atoms with Crippen molar-refractivity contribution in [3.63, 3.8) is 0 Å². The van der Waals surface area contributed by atoms with Crippen molar-refractivity contribution in [1.82, 2.24) is 4.31 Å². The Morgan fingerprint density at radius 2 is 2.30 bits per heavy atom. The smallest absolute Gasteiger partial charge is 0.243 e. The predicted octanol–water partition coefficient (Wildman–Crippen LogP) is 1.61. The summed E-state index contributed by atoms with van der Waals surface area (Å²) in [5, 5.41) is 8.88. The van der Waals surface area contributed by atoms with Gasteiger partial charge in [0.2, 0.25) is 10.0 Å². The molecular formula is C14H18N2O3S. The highest BCUT2D eigenvalue weighted by Crippen LogP contribution is 2.21. The lowest BCUT2D eigenvalue weighted by atomic mass is 10.1. The molecule has 1 aromatic carbocycles. The van der Waals surface area contributed by atoms with E-state index in [1.165, 1.54) is 16.4 Å². The summed E-state index contributed by atoms with van der Waals surface area (Å²) in [4.78, 5) is 0.178. The van der Waals surface area contributed by atoms with Crippen LogP contribution in [0.3, 0.4) is 0 Å². The molecule has 6 heteroatoms. The molecule has 1 aliphatic rings. The third-order valence-corrected chi connectivity index (χ3v) is 5.38. The van der Waals surface area contributed by atoms with Gasteiger partial charge < -0.3 is 4.74 Å². The standard InChI is InChI=1S/C14H18N2O3S/c1-2-16(10-13-6-7-19-11-13)20(17,18)14-5-3-4-12(8-14)9-15/h3-5,8,13H,2,6-7,10-11H2,1H3. The molecule has 1 aromatic rings. The van der Waals surface area contributed by atoms with Gasteiger partial charge in [0.15, 0.2) is 0 Å². The predicted molar refractivity (Wildman–Crippen MR) is 74.5 cm³/mol. The van der Waals surface area contributed by atoms with Gasteiger partial charge in [-0.3, -0.25) is 0 Å². The molecule has 2 rings (SSSR count). The third kappa shape index (κ3) is 3.18. The van der Waals surface area contributed by atoms with E-state index in [2.05, 4.69) is 0 Å². The Morgan fingerprint density at radius 1 is 1.50 bits per heavy atom. The third-order valence-electron chi connectivity index (χ3n) is 3.44. The summed E-state index contributed by atoms with van der Waals surface area (Å²) in [5.74, 6) is 0.254. The zero-order valence-corrected chi connectivity index (χ0v) is 12.3. The minimum absolute atomic E-state index is 0.178. The van der Waals surface area contributed by atoms with Gasteiger partial charge in [-0.05, 0) is 30.5 Å². The van der Waals surface area contributed by atoms with Gasteiger partial charge in [0.05, 0.1) is 23.1 Å². The van der Waals surface area contributed by atoms with Crippen LogP contribution in [0.5, 0.6) is 0 Å². The normalized spacial score (nSPS) is 19.1. The van der Waals surface area contributed by atoms with Crippen LogP contribution in [0, 0.1) is 17.2 Å².